The van der Waals surface area contributed by atoms with E-state index in [9.17, 15) is 8.78 Å². The average molecular weight is 226 g/mol. The molecule has 0 unspecified atom stereocenters. The van der Waals surface area contributed by atoms with Crippen molar-refractivity contribution in [1.29, 1.82) is 5.26 Å². The highest BCUT2D eigenvalue weighted by Gasteiger charge is 1.96. The van der Waals surface area contributed by atoms with Gasteiger partial charge < -0.3 is 0 Å². The molecule has 0 aliphatic heterocycles. The molecule has 5 heteroatoms. The molecule has 0 saturated heterocycles. The normalized spacial score (nSPS) is 9.40. The van der Waals surface area contributed by atoms with E-state index in [1.54, 1.807) is 12.1 Å². The second-order valence-corrected chi connectivity index (χ2v) is 3.74. The number of nitrogens with zero attached hydrogens (tertiary/aromatic N) is 2. The number of hydrogen-bond donors (Lipinski definition) is 0. The van der Waals surface area contributed by atoms with Gasteiger partial charge in [-0.2, -0.15) is 14.0 Å². The molecule has 1 rings (SSSR count). The Bertz CT molecular complexity index is 377. The molecule has 2 nitrogen and oxygen atoms in total. The maximum Gasteiger partial charge on any atom is 0.266 e. The predicted molar refractivity (Wildman–Crippen MR) is 54.6 cm³/mol. The first kappa shape index (κ1) is 11.7. The molecule has 1 heterocycles. The average Bonchev–Trinajstić information content (AvgIpc) is 2.25. The summed E-state index contributed by atoms with van der Waals surface area (Å²) in [5, 5.41) is 9.25. The minimum absolute atomic E-state index is 0.314. The van der Waals surface area contributed by atoms with Crippen LogP contribution in [0.15, 0.2) is 35.5 Å². The first-order valence-electron chi connectivity index (χ1n) is 4.22. The van der Waals surface area contributed by atoms with Crippen molar-refractivity contribution in [3.05, 3.63) is 36.0 Å². The zero-order chi connectivity index (χ0) is 11.1. The maximum absolute atomic E-state index is 11.7. The largest absolute Gasteiger partial charge is 0.266 e. The summed E-state index contributed by atoms with van der Waals surface area (Å²) < 4.78 is 23.3. The van der Waals surface area contributed by atoms with Crippen molar-refractivity contribution in [2.24, 2.45) is 0 Å². The van der Waals surface area contributed by atoms with Crippen molar-refractivity contribution in [1.82, 2.24) is 4.98 Å². The minimum atomic E-state index is -1.65. The van der Waals surface area contributed by atoms with Gasteiger partial charge in [-0.3, -0.25) is 0 Å². The van der Waals surface area contributed by atoms with Crippen molar-refractivity contribution >= 4 is 11.8 Å². The fourth-order valence-electron chi connectivity index (χ4n) is 0.863. The summed E-state index contributed by atoms with van der Waals surface area (Å²) in [4.78, 5) is 4.00. The van der Waals surface area contributed by atoms with E-state index in [4.69, 9.17) is 5.26 Å². The molecule has 78 valence electrons. The summed E-state index contributed by atoms with van der Waals surface area (Å²) in [6, 6.07) is 5.32. The van der Waals surface area contributed by atoms with Gasteiger partial charge in [-0.05, 0) is 24.6 Å². The van der Waals surface area contributed by atoms with Crippen molar-refractivity contribution < 1.29 is 8.78 Å². The van der Waals surface area contributed by atoms with E-state index in [1.807, 2.05) is 6.07 Å². The van der Waals surface area contributed by atoms with Gasteiger partial charge in [0.05, 0.1) is 10.6 Å². The third-order valence-corrected chi connectivity index (χ3v) is 2.51. The molecule has 0 saturated carbocycles. The second kappa shape index (κ2) is 6.14. The molecule has 0 spiro atoms. The number of nitriles is 1. The number of hydrogen-bond acceptors (Lipinski definition) is 3. The molecule has 1 aromatic rings. The Morgan fingerprint density at radius 2 is 2.33 bits per heavy atom. The number of thioether (sulfide) groups is 1. The van der Waals surface area contributed by atoms with Gasteiger partial charge in [0.2, 0.25) is 0 Å². The topological polar surface area (TPSA) is 36.7 Å². The molecule has 0 radical (unpaired) electrons. The zero-order valence-corrected chi connectivity index (χ0v) is 8.60. The van der Waals surface area contributed by atoms with Gasteiger partial charge in [-0.15, -0.1) is 11.8 Å². The number of halogens is 2. The van der Waals surface area contributed by atoms with Crippen LogP contribution in [0.5, 0.6) is 0 Å². The molecular formula is C10H8F2N2S. The first-order valence-corrected chi connectivity index (χ1v) is 5.21. The summed E-state index contributed by atoms with van der Waals surface area (Å²) in [5.74, 6) is 0.552. The Balaban J connectivity index is 2.39. The Morgan fingerprint density at radius 1 is 1.53 bits per heavy atom. The summed E-state index contributed by atoms with van der Waals surface area (Å²) in [7, 11) is 0. The highest BCUT2D eigenvalue weighted by Crippen LogP contribution is 2.16. The fourth-order valence-corrected chi connectivity index (χ4v) is 1.60. The van der Waals surface area contributed by atoms with Crippen LogP contribution in [0.3, 0.4) is 0 Å². The van der Waals surface area contributed by atoms with Crippen LogP contribution in [-0.2, 0) is 0 Å². The fraction of sp³-hybridized carbons (Fsp3) is 0.200. The van der Waals surface area contributed by atoms with E-state index in [2.05, 4.69) is 4.98 Å². The molecule has 0 amide bonds. The zero-order valence-electron chi connectivity index (χ0n) is 7.78. The van der Waals surface area contributed by atoms with Crippen molar-refractivity contribution in [3.63, 3.8) is 0 Å². The smallest absolute Gasteiger partial charge is 0.249 e. The van der Waals surface area contributed by atoms with Crippen LogP contribution in [0, 0.1) is 11.3 Å². The van der Waals surface area contributed by atoms with Crippen LogP contribution in [-0.4, -0.2) is 10.7 Å². The van der Waals surface area contributed by atoms with Crippen LogP contribution >= 0.6 is 11.8 Å². The molecule has 0 fully saturated rings. The van der Waals surface area contributed by atoms with Crippen molar-refractivity contribution in [2.75, 3.05) is 5.75 Å². The third kappa shape index (κ3) is 4.56. The van der Waals surface area contributed by atoms with Crippen molar-refractivity contribution in [3.8, 4) is 6.07 Å². The van der Waals surface area contributed by atoms with E-state index in [-0.39, 0.29) is 0 Å². The maximum atomic E-state index is 11.7. The van der Waals surface area contributed by atoms with Crippen LogP contribution < -0.4 is 0 Å². The summed E-state index contributed by atoms with van der Waals surface area (Å²) in [5.41, 5.74) is 0.494. The number of pyridine rings is 1. The lowest BCUT2D eigenvalue weighted by Crippen LogP contribution is -1.83. The highest BCUT2D eigenvalue weighted by molar-refractivity contribution is 7.99. The minimum Gasteiger partial charge on any atom is -0.249 e. The second-order valence-electron chi connectivity index (χ2n) is 2.63. The van der Waals surface area contributed by atoms with E-state index < -0.39 is 6.08 Å². The van der Waals surface area contributed by atoms with Crippen LogP contribution in [0.25, 0.3) is 0 Å². The number of aromatic nitrogens is 1. The molecular weight excluding hydrogens is 218 g/mol. The lowest BCUT2D eigenvalue weighted by atomic mass is 10.3. The molecule has 0 aliphatic rings. The Morgan fingerprint density at radius 3 is 2.87 bits per heavy atom. The van der Waals surface area contributed by atoms with Gasteiger partial charge in [-0.25, -0.2) is 4.98 Å². The summed E-state index contributed by atoms with van der Waals surface area (Å²) in [6.45, 7) is 0. The summed E-state index contributed by atoms with van der Waals surface area (Å²) >= 11 is 1.38. The first-order chi connectivity index (χ1) is 7.22. The third-order valence-electron chi connectivity index (χ3n) is 1.53. The van der Waals surface area contributed by atoms with Gasteiger partial charge in [0, 0.05) is 11.9 Å². The van der Waals surface area contributed by atoms with E-state index in [1.165, 1.54) is 18.0 Å². The Labute approximate surface area is 90.6 Å². The molecule has 0 bridgehead atoms. The quantitative estimate of drug-likeness (QED) is 0.584. The van der Waals surface area contributed by atoms with E-state index in [0.717, 1.165) is 11.1 Å². The summed E-state index contributed by atoms with van der Waals surface area (Å²) in [6.07, 6.45) is 1.02. The lowest BCUT2D eigenvalue weighted by molar-refractivity contribution is 0.418. The Hall–Kier alpha value is -1.41. The van der Waals surface area contributed by atoms with Gasteiger partial charge in [0.1, 0.15) is 6.07 Å². The highest BCUT2D eigenvalue weighted by atomic mass is 32.2. The van der Waals surface area contributed by atoms with Crippen LogP contribution in [0.1, 0.15) is 12.0 Å². The Kier molecular flexibility index (Phi) is 4.78. The molecule has 0 aromatic carbocycles. The van der Waals surface area contributed by atoms with Crippen LogP contribution in [0.2, 0.25) is 0 Å². The molecule has 1 aromatic heterocycles. The lowest BCUT2D eigenvalue weighted by Gasteiger charge is -1.97. The van der Waals surface area contributed by atoms with E-state index in [0.29, 0.717) is 17.7 Å². The monoisotopic (exact) mass is 226 g/mol. The molecule has 0 atom stereocenters. The standard InChI is InChI=1S/C10H8F2N2S/c11-9(12)2-1-5-15-10-4-3-8(6-13)7-14-10/h2-4,7H,1,5H2. The molecule has 0 N–H and O–H groups in total. The van der Waals surface area contributed by atoms with Gasteiger partial charge in [-0.1, -0.05) is 0 Å². The van der Waals surface area contributed by atoms with Gasteiger partial charge >= 0.3 is 0 Å². The molecule has 0 aliphatic carbocycles. The SMILES string of the molecule is N#Cc1ccc(SCCC=C(F)F)nc1. The number of allylic oxidation sites excluding steroid dienone is 1. The van der Waals surface area contributed by atoms with Crippen LogP contribution in [0.4, 0.5) is 8.78 Å². The van der Waals surface area contributed by atoms with Gasteiger partial charge in [0.25, 0.3) is 6.08 Å². The van der Waals surface area contributed by atoms with Gasteiger partial charge in [0.15, 0.2) is 0 Å². The predicted octanol–water partition coefficient (Wildman–Crippen LogP) is 3.22. The molecule has 15 heavy (non-hydrogen) atoms. The number of rotatable bonds is 4. The van der Waals surface area contributed by atoms with E-state index >= 15 is 0 Å². The van der Waals surface area contributed by atoms with Crippen molar-refractivity contribution in [2.45, 2.75) is 11.4 Å².